The summed E-state index contributed by atoms with van der Waals surface area (Å²) in [4.78, 5) is 27.1. The number of nitrogens with one attached hydrogen (secondary N) is 1. The summed E-state index contributed by atoms with van der Waals surface area (Å²) < 4.78 is 0. The average molecular weight is 309 g/mol. The average Bonchev–Trinajstić information content (AvgIpc) is 2.36. The first kappa shape index (κ1) is 15.1. The van der Waals surface area contributed by atoms with Crippen molar-refractivity contribution in [2.45, 2.75) is 19.8 Å². The number of aliphatic carboxylic acids is 2. The van der Waals surface area contributed by atoms with Gasteiger partial charge in [-0.2, -0.15) is 0 Å². The van der Waals surface area contributed by atoms with E-state index in [1.54, 1.807) is 32.0 Å². The van der Waals surface area contributed by atoms with Crippen molar-refractivity contribution < 1.29 is 19.8 Å². The Morgan fingerprint density at radius 1 is 1.14 bits per heavy atom. The minimum Gasteiger partial charge on any atom is -0.478 e. The summed E-state index contributed by atoms with van der Waals surface area (Å²) in [6.07, 6.45) is 0. The van der Waals surface area contributed by atoms with Crippen molar-refractivity contribution in [1.82, 2.24) is 10.3 Å². The van der Waals surface area contributed by atoms with Gasteiger partial charge in [0, 0.05) is 11.4 Å². The summed E-state index contributed by atoms with van der Waals surface area (Å²) in [5.41, 5.74) is 0.964. The molecule has 0 atom stereocenters. The molecule has 1 aromatic rings. The van der Waals surface area contributed by atoms with Gasteiger partial charge in [-0.3, -0.25) is 0 Å². The topological polar surface area (TPSA) is 99.5 Å². The quantitative estimate of drug-likeness (QED) is 0.740. The molecule has 1 aromatic heterocycles. The molecule has 1 aliphatic rings. The van der Waals surface area contributed by atoms with E-state index < -0.39 is 17.9 Å². The summed E-state index contributed by atoms with van der Waals surface area (Å²) in [6.45, 7) is 3.17. The Hall–Kier alpha value is -2.34. The normalized spacial score (nSPS) is 16.0. The number of hydrogen-bond acceptors (Lipinski definition) is 4. The summed E-state index contributed by atoms with van der Waals surface area (Å²) in [5.74, 6) is -3.36. The maximum atomic E-state index is 11.5. The standard InChI is InChI=1S/C14H13ClN2O4/c1-6-10(13(18)19)12(8-4-3-5-9(15)17-8)11(14(20)21)7(2)16-6/h3-5,12,16H,1-2H3,(H,18,19)(H,20,21). The molecule has 3 N–H and O–H groups in total. The fourth-order valence-electron chi connectivity index (χ4n) is 2.44. The van der Waals surface area contributed by atoms with Gasteiger partial charge >= 0.3 is 11.9 Å². The molecule has 0 bridgehead atoms. The Kier molecular flexibility index (Phi) is 3.99. The first-order valence-corrected chi connectivity index (χ1v) is 6.48. The number of nitrogens with zero attached hydrogens (tertiary/aromatic N) is 1. The van der Waals surface area contributed by atoms with Crippen LogP contribution in [0.1, 0.15) is 25.5 Å². The smallest absolute Gasteiger partial charge is 0.334 e. The third-order valence-electron chi connectivity index (χ3n) is 3.25. The third-order valence-corrected chi connectivity index (χ3v) is 3.46. The highest BCUT2D eigenvalue weighted by Gasteiger charge is 2.37. The van der Waals surface area contributed by atoms with Gasteiger partial charge in [0.1, 0.15) is 5.15 Å². The van der Waals surface area contributed by atoms with Crippen LogP contribution in [0.15, 0.2) is 40.7 Å². The van der Waals surface area contributed by atoms with Crippen LogP contribution in [0, 0.1) is 0 Å². The zero-order valence-electron chi connectivity index (χ0n) is 11.3. The van der Waals surface area contributed by atoms with E-state index in [0.717, 1.165) is 0 Å². The summed E-state index contributed by atoms with van der Waals surface area (Å²) in [7, 11) is 0. The van der Waals surface area contributed by atoms with Crippen molar-refractivity contribution in [1.29, 1.82) is 0 Å². The van der Waals surface area contributed by atoms with Crippen LogP contribution in [0.25, 0.3) is 0 Å². The van der Waals surface area contributed by atoms with E-state index in [0.29, 0.717) is 11.4 Å². The van der Waals surface area contributed by atoms with Crippen LogP contribution in [0.2, 0.25) is 5.15 Å². The lowest BCUT2D eigenvalue weighted by Crippen LogP contribution is -2.31. The first-order chi connectivity index (χ1) is 9.82. The fraction of sp³-hybridized carbons (Fsp3) is 0.214. The molecule has 0 aliphatic carbocycles. The van der Waals surface area contributed by atoms with Crippen molar-refractivity contribution >= 4 is 23.5 Å². The summed E-state index contributed by atoms with van der Waals surface area (Å²) in [5, 5.41) is 21.8. The molecule has 1 aliphatic heterocycles. The summed E-state index contributed by atoms with van der Waals surface area (Å²) >= 11 is 5.84. The van der Waals surface area contributed by atoms with Gasteiger partial charge in [0.15, 0.2) is 0 Å². The SMILES string of the molecule is CC1=C(C(=O)O)C(c2cccc(Cl)n2)C(C(=O)O)=C(C)N1. The molecule has 21 heavy (non-hydrogen) atoms. The number of dihydropyridines is 1. The zero-order valence-corrected chi connectivity index (χ0v) is 12.1. The molecule has 0 aromatic carbocycles. The van der Waals surface area contributed by atoms with Crippen LogP contribution in [0.3, 0.4) is 0 Å². The molecule has 0 spiro atoms. The molecule has 6 nitrogen and oxygen atoms in total. The van der Waals surface area contributed by atoms with Gasteiger partial charge < -0.3 is 15.5 Å². The lowest BCUT2D eigenvalue weighted by Gasteiger charge is -2.28. The number of aromatic nitrogens is 1. The number of allylic oxidation sites excluding steroid dienone is 2. The van der Waals surface area contributed by atoms with E-state index in [9.17, 15) is 19.8 Å². The molecule has 0 saturated carbocycles. The van der Waals surface area contributed by atoms with Crippen molar-refractivity contribution in [2.75, 3.05) is 0 Å². The van der Waals surface area contributed by atoms with E-state index in [2.05, 4.69) is 10.3 Å². The Labute approximate surface area is 125 Å². The Balaban J connectivity index is 2.70. The molecular formula is C14H13ClN2O4. The second kappa shape index (κ2) is 5.57. The lowest BCUT2D eigenvalue weighted by atomic mass is 9.83. The molecule has 7 heteroatoms. The second-order valence-corrected chi connectivity index (χ2v) is 5.02. The number of hydrogen-bond donors (Lipinski definition) is 3. The molecule has 0 unspecified atom stereocenters. The molecule has 0 radical (unpaired) electrons. The van der Waals surface area contributed by atoms with Gasteiger partial charge in [-0.1, -0.05) is 17.7 Å². The van der Waals surface area contributed by atoms with Crippen LogP contribution in [0.4, 0.5) is 0 Å². The predicted octanol–water partition coefficient (Wildman–Crippen LogP) is 2.14. The third kappa shape index (κ3) is 2.75. The first-order valence-electron chi connectivity index (χ1n) is 6.10. The number of carboxylic acids is 2. The monoisotopic (exact) mass is 308 g/mol. The van der Waals surface area contributed by atoms with Gasteiger partial charge in [0.25, 0.3) is 0 Å². The zero-order chi connectivity index (χ0) is 15.7. The van der Waals surface area contributed by atoms with Gasteiger partial charge in [0.2, 0.25) is 0 Å². The number of carbonyl (C=O) groups is 2. The van der Waals surface area contributed by atoms with Gasteiger partial charge in [0.05, 0.1) is 22.8 Å². The van der Waals surface area contributed by atoms with Crippen LogP contribution in [-0.2, 0) is 9.59 Å². The van der Waals surface area contributed by atoms with Crippen LogP contribution < -0.4 is 5.32 Å². The highest BCUT2D eigenvalue weighted by Crippen LogP contribution is 2.37. The molecule has 0 saturated heterocycles. The van der Waals surface area contributed by atoms with Crippen LogP contribution in [-0.4, -0.2) is 27.1 Å². The lowest BCUT2D eigenvalue weighted by molar-refractivity contribution is -0.133. The van der Waals surface area contributed by atoms with E-state index in [-0.39, 0.29) is 22.0 Å². The molecule has 2 heterocycles. The highest BCUT2D eigenvalue weighted by molar-refractivity contribution is 6.29. The maximum absolute atomic E-state index is 11.5. The van der Waals surface area contributed by atoms with Crippen molar-refractivity contribution in [2.24, 2.45) is 0 Å². The highest BCUT2D eigenvalue weighted by atomic mass is 35.5. The number of pyridine rings is 1. The van der Waals surface area contributed by atoms with Crippen molar-refractivity contribution in [3.8, 4) is 0 Å². The van der Waals surface area contributed by atoms with Crippen molar-refractivity contribution in [3.63, 3.8) is 0 Å². The maximum Gasteiger partial charge on any atom is 0.334 e. The molecule has 0 fully saturated rings. The molecular weight excluding hydrogens is 296 g/mol. The predicted molar refractivity (Wildman–Crippen MR) is 75.8 cm³/mol. The van der Waals surface area contributed by atoms with Gasteiger partial charge in [-0.05, 0) is 26.0 Å². The second-order valence-electron chi connectivity index (χ2n) is 4.63. The van der Waals surface area contributed by atoms with E-state index in [4.69, 9.17) is 11.6 Å². The fourth-order valence-corrected chi connectivity index (χ4v) is 2.61. The van der Waals surface area contributed by atoms with E-state index in [1.807, 2.05) is 0 Å². The molecule has 0 amide bonds. The Morgan fingerprint density at radius 2 is 1.67 bits per heavy atom. The number of halogens is 1. The number of carboxylic acid groups (broad SMARTS) is 2. The Bertz CT molecular complexity index is 658. The molecule has 2 rings (SSSR count). The summed E-state index contributed by atoms with van der Waals surface area (Å²) in [6, 6.07) is 4.71. The van der Waals surface area contributed by atoms with Crippen LogP contribution >= 0.6 is 11.6 Å². The van der Waals surface area contributed by atoms with E-state index in [1.165, 1.54) is 0 Å². The van der Waals surface area contributed by atoms with E-state index >= 15 is 0 Å². The minimum absolute atomic E-state index is 0.0484. The van der Waals surface area contributed by atoms with Crippen LogP contribution in [0.5, 0.6) is 0 Å². The van der Waals surface area contributed by atoms with Gasteiger partial charge in [-0.25, -0.2) is 14.6 Å². The largest absolute Gasteiger partial charge is 0.478 e. The van der Waals surface area contributed by atoms with Crippen molar-refractivity contribution in [3.05, 3.63) is 51.6 Å². The molecule has 110 valence electrons. The number of rotatable bonds is 3. The Morgan fingerprint density at radius 3 is 2.10 bits per heavy atom. The van der Waals surface area contributed by atoms with Gasteiger partial charge in [-0.15, -0.1) is 0 Å². The minimum atomic E-state index is -1.20.